The summed E-state index contributed by atoms with van der Waals surface area (Å²) in [7, 11) is 0. The number of ketones is 1. The van der Waals surface area contributed by atoms with Crippen LogP contribution in [0.5, 0.6) is 0 Å². The highest BCUT2D eigenvalue weighted by atomic mass is 19.3. The van der Waals surface area contributed by atoms with Crippen LogP contribution >= 0.6 is 0 Å². The summed E-state index contributed by atoms with van der Waals surface area (Å²) >= 11 is 0. The number of hydrogen-bond acceptors (Lipinski definition) is 5. The van der Waals surface area contributed by atoms with Crippen molar-refractivity contribution in [3.05, 3.63) is 40.7 Å². The molecule has 0 saturated carbocycles. The zero-order valence-corrected chi connectivity index (χ0v) is 13.9. The molecule has 25 heavy (non-hydrogen) atoms. The number of carbonyl (C=O) groups is 1. The Labute approximate surface area is 143 Å². The number of halogens is 2. The molecule has 6 nitrogen and oxygen atoms in total. The highest BCUT2D eigenvalue weighted by Gasteiger charge is 2.43. The van der Waals surface area contributed by atoms with Crippen LogP contribution in [0.2, 0.25) is 0 Å². The summed E-state index contributed by atoms with van der Waals surface area (Å²) in [5, 5.41) is 13.4. The smallest absolute Gasteiger partial charge is 0.257 e. The summed E-state index contributed by atoms with van der Waals surface area (Å²) in [5.74, 6) is -0.468. The van der Waals surface area contributed by atoms with E-state index in [1.54, 1.807) is 0 Å². The molecule has 0 spiro atoms. The number of nitrogens with two attached hydrogens (primary N) is 1. The number of nitrogens with zero attached hydrogens (tertiary/aromatic N) is 3. The van der Waals surface area contributed by atoms with Crippen molar-refractivity contribution in [2.75, 3.05) is 0 Å². The van der Waals surface area contributed by atoms with Gasteiger partial charge in [-0.3, -0.25) is 9.48 Å². The Morgan fingerprint density at radius 2 is 2.24 bits per heavy atom. The normalized spacial score (nSPS) is 22.7. The van der Waals surface area contributed by atoms with Gasteiger partial charge in [0.05, 0.1) is 12.1 Å². The molecular weight excluding hydrogens is 330 g/mol. The van der Waals surface area contributed by atoms with Gasteiger partial charge in [0.1, 0.15) is 23.9 Å². The van der Waals surface area contributed by atoms with Crippen molar-refractivity contribution in [1.82, 2.24) is 9.78 Å². The molecular formula is C17H18F2N4O2. The first-order valence-corrected chi connectivity index (χ1v) is 7.86. The number of rotatable bonds is 3. The van der Waals surface area contributed by atoms with Crippen molar-refractivity contribution < 1.29 is 18.3 Å². The standard InChI is InChI=1S/C17H18F2N4O2/c1-17(2)3-11(24)15-12(4-17)25-16(21)10(5-20)14(15)9-6-22-23(7-9)8-13(18)19/h6-7,13-14H,3-4,8,21H2,1-2H3/t14-/m0/s1. The van der Waals surface area contributed by atoms with Gasteiger partial charge in [0, 0.05) is 30.2 Å². The van der Waals surface area contributed by atoms with Crippen LogP contribution in [-0.4, -0.2) is 22.0 Å². The Hall–Kier alpha value is -2.69. The molecule has 0 fully saturated rings. The fraction of sp³-hybridized carbons (Fsp3) is 0.471. The minimum absolute atomic E-state index is 0.0571. The fourth-order valence-corrected chi connectivity index (χ4v) is 3.39. The van der Waals surface area contributed by atoms with Crippen LogP contribution in [0.4, 0.5) is 8.78 Å². The number of aromatic nitrogens is 2. The first kappa shape index (κ1) is 17.1. The average molecular weight is 348 g/mol. The Morgan fingerprint density at radius 1 is 1.52 bits per heavy atom. The number of ether oxygens (including phenoxy) is 1. The van der Waals surface area contributed by atoms with Gasteiger partial charge in [0.2, 0.25) is 5.88 Å². The van der Waals surface area contributed by atoms with E-state index < -0.39 is 18.9 Å². The third kappa shape index (κ3) is 3.14. The summed E-state index contributed by atoms with van der Waals surface area (Å²) in [4.78, 5) is 12.7. The first-order valence-electron chi connectivity index (χ1n) is 7.86. The Bertz CT molecular complexity index is 830. The van der Waals surface area contributed by atoms with Gasteiger partial charge in [-0.15, -0.1) is 0 Å². The number of carbonyl (C=O) groups excluding carboxylic acids is 1. The molecule has 132 valence electrons. The predicted molar refractivity (Wildman–Crippen MR) is 83.9 cm³/mol. The Morgan fingerprint density at radius 3 is 2.88 bits per heavy atom. The van der Waals surface area contributed by atoms with Crippen LogP contribution in [0.15, 0.2) is 35.2 Å². The molecule has 0 unspecified atom stereocenters. The van der Waals surface area contributed by atoms with E-state index in [0.717, 1.165) is 4.68 Å². The topological polar surface area (TPSA) is 93.9 Å². The lowest BCUT2D eigenvalue weighted by molar-refractivity contribution is -0.119. The molecule has 8 heteroatoms. The number of alkyl halides is 2. The second-order valence-corrected chi connectivity index (χ2v) is 7.09. The highest BCUT2D eigenvalue weighted by molar-refractivity contribution is 6.00. The van der Waals surface area contributed by atoms with Gasteiger partial charge in [-0.05, 0) is 5.41 Å². The molecule has 0 aromatic carbocycles. The van der Waals surface area contributed by atoms with Crippen molar-refractivity contribution in [3.8, 4) is 6.07 Å². The average Bonchev–Trinajstić information content (AvgIpc) is 2.91. The van der Waals surface area contributed by atoms with E-state index in [0.29, 0.717) is 29.7 Å². The van der Waals surface area contributed by atoms with E-state index in [2.05, 4.69) is 5.10 Å². The van der Waals surface area contributed by atoms with E-state index in [-0.39, 0.29) is 22.7 Å². The monoisotopic (exact) mass is 348 g/mol. The zero-order valence-electron chi connectivity index (χ0n) is 13.9. The zero-order chi connectivity index (χ0) is 18.4. The van der Waals surface area contributed by atoms with Crippen molar-refractivity contribution in [2.45, 2.75) is 45.6 Å². The van der Waals surface area contributed by atoms with Gasteiger partial charge < -0.3 is 10.5 Å². The molecule has 2 N–H and O–H groups in total. The summed E-state index contributed by atoms with van der Waals surface area (Å²) < 4.78 is 31.8. The van der Waals surface area contributed by atoms with Crippen LogP contribution in [0, 0.1) is 16.7 Å². The molecule has 0 amide bonds. The van der Waals surface area contributed by atoms with E-state index >= 15 is 0 Å². The van der Waals surface area contributed by atoms with Crippen LogP contribution in [0.25, 0.3) is 0 Å². The molecule has 1 aliphatic heterocycles. The maximum atomic E-state index is 12.7. The maximum absolute atomic E-state index is 12.7. The van der Waals surface area contributed by atoms with Gasteiger partial charge in [-0.2, -0.15) is 10.4 Å². The van der Waals surface area contributed by atoms with E-state index in [1.807, 2.05) is 19.9 Å². The SMILES string of the molecule is CC1(C)CC(=O)C2=C(C1)OC(N)=C(C#N)[C@@H]2c1cnn(CC(F)F)c1. The molecule has 0 radical (unpaired) electrons. The lowest BCUT2D eigenvalue weighted by atomic mass is 9.70. The third-order valence-electron chi connectivity index (χ3n) is 4.39. The van der Waals surface area contributed by atoms with Crippen LogP contribution in [-0.2, 0) is 16.1 Å². The van der Waals surface area contributed by atoms with Crippen LogP contribution in [0.1, 0.15) is 38.2 Å². The van der Waals surface area contributed by atoms with Gasteiger partial charge >= 0.3 is 0 Å². The van der Waals surface area contributed by atoms with Crippen LogP contribution < -0.4 is 5.73 Å². The second-order valence-electron chi connectivity index (χ2n) is 7.09. The number of allylic oxidation sites excluding steroid dienone is 3. The van der Waals surface area contributed by atoms with Gasteiger partial charge in [0.15, 0.2) is 5.78 Å². The van der Waals surface area contributed by atoms with Gasteiger partial charge in [-0.1, -0.05) is 13.8 Å². The van der Waals surface area contributed by atoms with Gasteiger partial charge in [-0.25, -0.2) is 8.78 Å². The third-order valence-corrected chi connectivity index (χ3v) is 4.39. The molecule has 1 aliphatic carbocycles. The highest BCUT2D eigenvalue weighted by Crippen LogP contribution is 2.47. The van der Waals surface area contributed by atoms with Crippen LogP contribution in [0.3, 0.4) is 0 Å². The lowest BCUT2D eigenvalue weighted by Gasteiger charge is -2.36. The molecule has 3 rings (SSSR count). The predicted octanol–water partition coefficient (Wildman–Crippen LogP) is 2.60. The quantitative estimate of drug-likeness (QED) is 0.906. The molecule has 0 saturated heterocycles. The fourth-order valence-electron chi connectivity index (χ4n) is 3.39. The largest absolute Gasteiger partial charge is 0.444 e. The first-order chi connectivity index (χ1) is 11.7. The lowest BCUT2D eigenvalue weighted by Crippen LogP contribution is -2.33. The minimum Gasteiger partial charge on any atom is -0.444 e. The van der Waals surface area contributed by atoms with E-state index in [4.69, 9.17) is 10.5 Å². The van der Waals surface area contributed by atoms with Crippen molar-refractivity contribution in [1.29, 1.82) is 5.26 Å². The number of nitriles is 1. The van der Waals surface area contributed by atoms with E-state index in [1.165, 1.54) is 12.4 Å². The van der Waals surface area contributed by atoms with E-state index in [9.17, 15) is 18.8 Å². The molecule has 1 aromatic rings. The number of Topliss-reactive ketones (excluding diaryl/α,β-unsaturated/α-hetero) is 1. The molecule has 2 aliphatic rings. The Kier molecular flexibility index (Phi) is 4.11. The minimum atomic E-state index is -2.55. The molecule has 1 aromatic heterocycles. The summed E-state index contributed by atoms with van der Waals surface area (Å²) in [5.41, 5.74) is 6.57. The molecule has 0 bridgehead atoms. The molecule has 2 heterocycles. The molecule has 1 atom stereocenters. The summed E-state index contributed by atoms with van der Waals surface area (Å²) in [6.07, 6.45) is 1.08. The van der Waals surface area contributed by atoms with Crippen molar-refractivity contribution in [2.24, 2.45) is 11.1 Å². The number of hydrogen-bond donors (Lipinski definition) is 1. The maximum Gasteiger partial charge on any atom is 0.257 e. The van der Waals surface area contributed by atoms with Crippen molar-refractivity contribution in [3.63, 3.8) is 0 Å². The second kappa shape index (κ2) is 5.99. The van der Waals surface area contributed by atoms with Gasteiger partial charge in [0.25, 0.3) is 6.43 Å². The summed E-state index contributed by atoms with van der Waals surface area (Å²) in [6.45, 7) is 3.35. The summed E-state index contributed by atoms with van der Waals surface area (Å²) in [6, 6.07) is 1.98. The Balaban J connectivity index is 2.08. The van der Waals surface area contributed by atoms with Crippen molar-refractivity contribution >= 4 is 5.78 Å².